The van der Waals surface area contributed by atoms with E-state index in [9.17, 15) is 4.79 Å². The van der Waals surface area contributed by atoms with Crippen LogP contribution < -0.4 is 10.6 Å². The van der Waals surface area contributed by atoms with Gasteiger partial charge in [-0.2, -0.15) is 0 Å². The van der Waals surface area contributed by atoms with Crippen LogP contribution in [0.3, 0.4) is 0 Å². The molecule has 20 heavy (non-hydrogen) atoms. The third kappa shape index (κ3) is 3.17. The number of nitrogens with one attached hydrogen (secondary N) is 2. The van der Waals surface area contributed by atoms with Gasteiger partial charge in [-0.1, -0.05) is 42.5 Å². The van der Waals surface area contributed by atoms with Crippen molar-refractivity contribution in [3.05, 3.63) is 48.0 Å². The zero-order valence-electron chi connectivity index (χ0n) is 11.6. The van der Waals surface area contributed by atoms with Gasteiger partial charge in [-0.3, -0.25) is 4.79 Å². The monoisotopic (exact) mass is 268 g/mol. The van der Waals surface area contributed by atoms with Crippen LogP contribution in [0.5, 0.6) is 0 Å². The lowest BCUT2D eigenvalue weighted by molar-refractivity contribution is -0.122. The van der Waals surface area contributed by atoms with Gasteiger partial charge in [-0.25, -0.2) is 0 Å². The zero-order chi connectivity index (χ0) is 13.8. The topological polar surface area (TPSA) is 41.1 Å². The SMILES string of the molecule is O=C(NCCNCc1cccc2ccccc12)C1CC1. The van der Waals surface area contributed by atoms with Crippen LogP contribution >= 0.6 is 0 Å². The number of rotatable bonds is 6. The van der Waals surface area contributed by atoms with Crippen molar-refractivity contribution >= 4 is 16.7 Å². The number of carbonyl (C=O) groups is 1. The fraction of sp³-hybridized carbons (Fsp3) is 0.353. The molecular formula is C17H20N2O. The first kappa shape index (κ1) is 13.1. The van der Waals surface area contributed by atoms with Crippen molar-refractivity contribution in [3.63, 3.8) is 0 Å². The van der Waals surface area contributed by atoms with Gasteiger partial charge in [0, 0.05) is 25.6 Å². The van der Waals surface area contributed by atoms with E-state index in [-0.39, 0.29) is 5.91 Å². The van der Waals surface area contributed by atoms with Crippen LogP contribution in [-0.2, 0) is 11.3 Å². The first-order valence-electron chi connectivity index (χ1n) is 7.29. The summed E-state index contributed by atoms with van der Waals surface area (Å²) < 4.78 is 0. The van der Waals surface area contributed by atoms with Gasteiger partial charge >= 0.3 is 0 Å². The summed E-state index contributed by atoms with van der Waals surface area (Å²) in [6, 6.07) is 14.8. The summed E-state index contributed by atoms with van der Waals surface area (Å²) in [6.45, 7) is 2.35. The lowest BCUT2D eigenvalue weighted by Gasteiger charge is -2.09. The Kier molecular flexibility index (Phi) is 3.97. The minimum atomic E-state index is 0.219. The molecule has 0 aliphatic heterocycles. The summed E-state index contributed by atoms with van der Waals surface area (Å²) in [7, 11) is 0. The van der Waals surface area contributed by atoms with Crippen LogP contribution in [0, 0.1) is 5.92 Å². The molecule has 3 nitrogen and oxygen atoms in total. The van der Waals surface area contributed by atoms with Crippen molar-refractivity contribution in [3.8, 4) is 0 Å². The molecular weight excluding hydrogens is 248 g/mol. The number of hydrogen-bond donors (Lipinski definition) is 2. The maximum absolute atomic E-state index is 11.5. The van der Waals surface area contributed by atoms with Gasteiger partial charge in [0.25, 0.3) is 0 Å². The molecule has 1 fully saturated rings. The van der Waals surface area contributed by atoms with E-state index in [1.807, 2.05) is 0 Å². The highest BCUT2D eigenvalue weighted by atomic mass is 16.2. The Morgan fingerprint density at radius 3 is 2.70 bits per heavy atom. The molecule has 1 aliphatic carbocycles. The van der Waals surface area contributed by atoms with Gasteiger partial charge < -0.3 is 10.6 Å². The van der Waals surface area contributed by atoms with E-state index in [0.29, 0.717) is 12.5 Å². The average Bonchev–Trinajstić information content (AvgIpc) is 3.31. The normalized spacial score (nSPS) is 14.4. The largest absolute Gasteiger partial charge is 0.355 e. The number of amides is 1. The highest BCUT2D eigenvalue weighted by Crippen LogP contribution is 2.28. The molecule has 2 aromatic carbocycles. The van der Waals surface area contributed by atoms with Crippen LogP contribution in [0.25, 0.3) is 10.8 Å². The Morgan fingerprint density at radius 2 is 1.85 bits per heavy atom. The second-order valence-electron chi connectivity index (χ2n) is 5.38. The summed E-state index contributed by atoms with van der Waals surface area (Å²) in [4.78, 5) is 11.5. The Balaban J connectivity index is 1.48. The molecule has 104 valence electrons. The molecule has 0 saturated heterocycles. The predicted molar refractivity (Wildman–Crippen MR) is 81.4 cm³/mol. The van der Waals surface area contributed by atoms with E-state index in [0.717, 1.165) is 25.9 Å². The van der Waals surface area contributed by atoms with E-state index >= 15 is 0 Å². The molecule has 3 heteroatoms. The molecule has 0 bridgehead atoms. The molecule has 0 heterocycles. The minimum absolute atomic E-state index is 0.219. The lowest BCUT2D eigenvalue weighted by Crippen LogP contribution is -2.32. The van der Waals surface area contributed by atoms with Gasteiger partial charge in [-0.15, -0.1) is 0 Å². The molecule has 0 radical (unpaired) electrons. The van der Waals surface area contributed by atoms with Crippen LogP contribution in [0.2, 0.25) is 0 Å². The summed E-state index contributed by atoms with van der Waals surface area (Å²) in [5.41, 5.74) is 1.30. The highest BCUT2D eigenvalue weighted by Gasteiger charge is 2.28. The van der Waals surface area contributed by atoms with Crippen molar-refractivity contribution in [2.75, 3.05) is 13.1 Å². The van der Waals surface area contributed by atoms with E-state index in [1.54, 1.807) is 0 Å². The van der Waals surface area contributed by atoms with Crippen LogP contribution in [0.1, 0.15) is 18.4 Å². The fourth-order valence-electron chi connectivity index (χ4n) is 2.43. The van der Waals surface area contributed by atoms with Crippen molar-refractivity contribution in [2.45, 2.75) is 19.4 Å². The second kappa shape index (κ2) is 6.06. The molecule has 1 aliphatic rings. The van der Waals surface area contributed by atoms with Crippen LogP contribution in [-0.4, -0.2) is 19.0 Å². The van der Waals surface area contributed by atoms with E-state index in [1.165, 1.54) is 16.3 Å². The summed E-state index contributed by atoms with van der Waals surface area (Å²) in [5.74, 6) is 0.519. The number of hydrogen-bond acceptors (Lipinski definition) is 2. The highest BCUT2D eigenvalue weighted by molar-refractivity contribution is 5.85. The standard InChI is InChI=1S/C17H20N2O/c20-17(14-8-9-14)19-11-10-18-12-15-6-3-5-13-4-1-2-7-16(13)15/h1-7,14,18H,8-12H2,(H,19,20). The third-order valence-electron chi connectivity index (χ3n) is 3.74. The molecule has 0 spiro atoms. The van der Waals surface area contributed by atoms with Gasteiger partial charge in [0.05, 0.1) is 0 Å². The quantitative estimate of drug-likeness (QED) is 0.790. The molecule has 0 aromatic heterocycles. The molecule has 1 saturated carbocycles. The van der Waals surface area contributed by atoms with Crippen molar-refractivity contribution in [1.29, 1.82) is 0 Å². The first-order valence-corrected chi connectivity index (χ1v) is 7.29. The first-order chi connectivity index (χ1) is 9.84. The van der Waals surface area contributed by atoms with Gasteiger partial charge in [0.2, 0.25) is 5.91 Å². The number of benzene rings is 2. The van der Waals surface area contributed by atoms with E-state index in [4.69, 9.17) is 0 Å². The minimum Gasteiger partial charge on any atom is -0.355 e. The lowest BCUT2D eigenvalue weighted by atomic mass is 10.0. The van der Waals surface area contributed by atoms with Gasteiger partial charge in [0.15, 0.2) is 0 Å². The molecule has 1 amide bonds. The Bertz CT molecular complexity index is 599. The zero-order valence-corrected chi connectivity index (χ0v) is 11.6. The Morgan fingerprint density at radius 1 is 1.05 bits per heavy atom. The Labute approximate surface area is 119 Å². The van der Waals surface area contributed by atoms with Crippen LogP contribution in [0.15, 0.2) is 42.5 Å². The van der Waals surface area contributed by atoms with Gasteiger partial charge in [-0.05, 0) is 29.2 Å². The molecule has 2 aromatic rings. The fourth-order valence-corrected chi connectivity index (χ4v) is 2.43. The van der Waals surface area contributed by atoms with Crippen molar-refractivity contribution < 1.29 is 4.79 Å². The molecule has 3 rings (SSSR count). The molecule has 0 atom stereocenters. The summed E-state index contributed by atoms with van der Waals surface area (Å²) >= 11 is 0. The smallest absolute Gasteiger partial charge is 0.223 e. The van der Waals surface area contributed by atoms with E-state index in [2.05, 4.69) is 53.1 Å². The summed E-state index contributed by atoms with van der Waals surface area (Å²) in [5, 5.41) is 8.93. The summed E-state index contributed by atoms with van der Waals surface area (Å²) in [6.07, 6.45) is 2.13. The third-order valence-corrected chi connectivity index (χ3v) is 3.74. The number of fused-ring (bicyclic) bond motifs is 1. The Hall–Kier alpha value is -1.87. The maximum atomic E-state index is 11.5. The van der Waals surface area contributed by atoms with Crippen molar-refractivity contribution in [1.82, 2.24) is 10.6 Å². The second-order valence-corrected chi connectivity index (χ2v) is 5.38. The van der Waals surface area contributed by atoms with E-state index < -0.39 is 0 Å². The average molecular weight is 268 g/mol. The molecule has 2 N–H and O–H groups in total. The molecule has 0 unspecified atom stereocenters. The maximum Gasteiger partial charge on any atom is 0.223 e. The number of carbonyl (C=O) groups excluding carboxylic acids is 1. The van der Waals surface area contributed by atoms with Crippen molar-refractivity contribution in [2.24, 2.45) is 5.92 Å². The predicted octanol–water partition coefficient (Wildman–Crippen LogP) is 2.46. The van der Waals surface area contributed by atoms with Gasteiger partial charge in [0.1, 0.15) is 0 Å². The van der Waals surface area contributed by atoms with Crippen LogP contribution in [0.4, 0.5) is 0 Å².